The first-order valence-electron chi connectivity index (χ1n) is 10.1. The lowest BCUT2D eigenvalue weighted by molar-refractivity contribution is -0.116. The summed E-state index contributed by atoms with van der Waals surface area (Å²) in [5, 5.41) is 2.67. The van der Waals surface area contributed by atoms with Crippen molar-refractivity contribution in [3.8, 4) is 5.69 Å². The molecule has 1 N–H and O–H groups in total. The summed E-state index contributed by atoms with van der Waals surface area (Å²) in [6.07, 6.45) is 1.06. The molecule has 8 nitrogen and oxygen atoms in total. The van der Waals surface area contributed by atoms with Crippen molar-refractivity contribution in [3.63, 3.8) is 0 Å². The van der Waals surface area contributed by atoms with Gasteiger partial charge in [0.2, 0.25) is 15.9 Å². The lowest BCUT2D eigenvalue weighted by atomic mass is 10.1. The molecule has 1 heterocycles. The van der Waals surface area contributed by atoms with E-state index in [0.29, 0.717) is 17.1 Å². The van der Waals surface area contributed by atoms with E-state index in [-0.39, 0.29) is 5.69 Å². The van der Waals surface area contributed by atoms with Crippen molar-refractivity contribution in [2.24, 2.45) is 7.05 Å². The minimum absolute atomic E-state index is 0.114. The Kier molecular flexibility index (Phi) is 6.32. The molecule has 0 spiro atoms. The lowest BCUT2D eigenvalue weighted by Gasteiger charge is -2.29. The summed E-state index contributed by atoms with van der Waals surface area (Å²) in [7, 11) is -2.05. The van der Waals surface area contributed by atoms with Crippen LogP contribution in [0, 0.1) is 20.8 Å². The van der Waals surface area contributed by atoms with Gasteiger partial charge in [0.25, 0.3) is 5.56 Å². The summed E-state index contributed by atoms with van der Waals surface area (Å²) in [5.41, 5.74) is 2.96. The van der Waals surface area contributed by atoms with Crippen molar-refractivity contribution >= 4 is 27.3 Å². The van der Waals surface area contributed by atoms with Crippen molar-refractivity contribution in [2.45, 2.75) is 33.7 Å². The van der Waals surface area contributed by atoms with E-state index in [1.54, 1.807) is 43.8 Å². The van der Waals surface area contributed by atoms with Gasteiger partial charge in [-0.3, -0.25) is 18.6 Å². The molecule has 32 heavy (non-hydrogen) atoms. The molecule has 3 aromatic rings. The van der Waals surface area contributed by atoms with Crippen molar-refractivity contribution in [2.75, 3.05) is 15.9 Å². The molecule has 0 fully saturated rings. The molecule has 1 unspecified atom stereocenters. The summed E-state index contributed by atoms with van der Waals surface area (Å²) >= 11 is 0. The van der Waals surface area contributed by atoms with E-state index in [9.17, 15) is 18.0 Å². The van der Waals surface area contributed by atoms with Crippen molar-refractivity contribution in [1.82, 2.24) is 9.36 Å². The third-order valence-electron chi connectivity index (χ3n) is 5.49. The van der Waals surface area contributed by atoms with Crippen LogP contribution in [0.25, 0.3) is 5.69 Å². The molecular formula is C23H28N4O4S. The van der Waals surface area contributed by atoms with Crippen LogP contribution in [-0.4, -0.2) is 36.0 Å². The standard InChI is InChI=1S/C23H28N4O4S/c1-15-12-13-16(2)20(14-15)27(32(6,30)31)18(4)22(28)24-21-17(3)25(5)26(23(21)29)19-10-8-7-9-11-19/h7-14,18H,1-6H3,(H,24,28). The average Bonchev–Trinajstić information content (AvgIpc) is 2.93. The molecule has 3 rings (SSSR count). The number of benzene rings is 2. The second-order valence-corrected chi connectivity index (χ2v) is 9.81. The summed E-state index contributed by atoms with van der Waals surface area (Å²) in [4.78, 5) is 26.3. The third kappa shape index (κ3) is 4.34. The predicted molar refractivity (Wildman–Crippen MR) is 127 cm³/mol. The molecule has 0 radical (unpaired) electrons. The van der Waals surface area contributed by atoms with Gasteiger partial charge in [-0.05, 0) is 57.0 Å². The van der Waals surface area contributed by atoms with Crippen LogP contribution < -0.4 is 15.2 Å². The Labute approximate surface area is 188 Å². The molecule has 0 aliphatic heterocycles. The Balaban J connectivity index is 2.01. The molecule has 170 valence electrons. The van der Waals surface area contributed by atoms with Crippen LogP contribution in [0.2, 0.25) is 0 Å². The number of aryl methyl sites for hydroxylation is 2. The molecule has 0 aliphatic rings. The molecule has 1 aromatic heterocycles. The summed E-state index contributed by atoms with van der Waals surface area (Å²) in [5.74, 6) is -0.595. The van der Waals surface area contributed by atoms with Gasteiger partial charge in [-0.1, -0.05) is 30.3 Å². The van der Waals surface area contributed by atoms with Gasteiger partial charge in [-0.15, -0.1) is 0 Å². The molecule has 0 saturated heterocycles. The van der Waals surface area contributed by atoms with Gasteiger partial charge in [0, 0.05) is 7.05 Å². The second kappa shape index (κ2) is 8.66. The maximum atomic E-state index is 13.2. The number of hydrogen-bond acceptors (Lipinski definition) is 4. The second-order valence-electron chi connectivity index (χ2n) is 7.95. The Morgan fingerprint density at radius 1 is 1.06 bits per heavy atom. The first kappa shape index (κ1) is 23.3. The topological polar surface area (TPSA) is 93.4 Å². The van der Waals surface area contributed by atoms with E-state index in [0.717, 1.165) is 21.7 Å². The van der Waals surface area contributed by atoms with Crippen LogP contribution in [0.1, 0.15) is 23.7 Å². The fraction of sp³-hybridized carbons (Fsp3) is 0.304. The average molecular weight is 457 g/mol. The minimum atomic E-state index is -3.78. The van der Waals surface area contributed by atoms with Gasteiger partial charge >= 0.3 is 0 Å². The Hall–Kier alpha value is -3.33. The normalized spacial score (nSPS) is 12.4. The van der Waals surface area contributed by atoms with E-state index in [2.05, 4.69) is 5.32 Å². The maximum Gasteiger partial charge on any atom is 0.295 e. The van der Waals surface area contributed by atoms with Crippen molar-refractivity contribution < 1.29 is 13.2 Å². The number of carbonyl (C=O) groups is 1. The maximum absolute atomic E-state index is 13.2. The van der Waals surface area contributed by atoms with Gasteiger partial charge in [-0.25, -0.2) is 13.1 Å². The van der Waals surface area contributed by atoms with Gasteiger partial charge < -0.3 is 5.32 Å². The number of sulfonamides is 1. The zero-order valence-electron chi connectivity index (χ0n) is 19.1. The van der Waals surface area contributed by atoms with Crippen LogP contribution in [-0.2, 0) is 21.9 Å². The number of nitrogens with one attached hydrogen (secondary N) is 1. The number of para-hydroxylation sites is 1. The monoisotopic (exact) mass is 456 g/mol. The molecule has 9 heteroatoms. The van der Waals surface area contributed by atoms with Gasteiger partial charge in [0.05, 0.1) is 23.3 Å². The van der Waals surface area contributed by atoms with E-state index < -0.39 is 27.5 Å². The predicted octanol–water partition coefficient (Wildman–Crippen LogP) is 2.89. The van der Waals surface area contributed by atoms with E-state index in [4.69, 9.17) is 0 Å². The number of carbonyl (C=O) groups excluding carboxylic acids is 1. The van der Waals surface area contributed by atoms with Crippen LogP contribution in [0.3, 0.4) is 0 Å². The van der Waals surface area contributed by atoms with Crippen LogP contribution in [0.15, 0.2) is 53.3 Å². The van der Waals surface area contributed by atoms with Crippen LogP contribution >= 0.6 is 0 Å². The summed E-state index contributed by atoms with van der Waals surface area (Å²) in [6.45, 7) is 6.87. The SMILES string of the molecule is Cc1ccc(C)c(N(C(C)C(=O)Nc2c(C)n(C)n(-c3ccccc3)c2=O)S(C)(=O)=O)c1. The smallest absolute Gasteiger partial charge is 0.295 e. The van der Waals surface area contributed by atoms with Gasteiger partial charge in [0.15, 0.2) is 0 Å². The molecule has 2 aromatic carbocycles. The number of rotatable bonds is 6. The van der Waals surface area contributed by atoms with Crippen LogP contribution in [0.5, 0.6) is 0 Å². The highest BCUT2D eigenvalue weighted by molar-refractivity contribution is 7.92. The largest absolute Gasteiger partial charge is 0.318 e. The quantitative estimate of drug-likeness (QED) is 0.617. The van der Waals surface area contributed by atoms with Crippen molar-refractivity contribution in [3.05, 3.63) is 75.7 Å². The fourth-order valence-electron chi connectivity index (χ4n) is 3.68. The number of aromatic nitrogens is 2. The third-order valence-corrected chi connectivity index (χ3v) is 6.72. The molecular weight excluding hydrogens is 428 g/mol. The number of hydrogen-bond donors (Lipinski definition) is 1. The molecule has 0 bridgehead atoms. The van der Waals surface area contributed by atoms with E-state index in [1.807, 2.05) is 37.3 Å². The Morgan fingerprint density at radius 3 is 2.28 bits per heavy atom. The zero-order valence-corrected chi connectivity index (χ0v) is 19.9. The van der Waals surface area contributed by atoms with Crippen LogP contribution in [0.4, 0.5) is 11.4 Å². The Morgan fingerprint density at radius 2 is 1.69 bits per heavy atom. The van der Waals surface area contributed by atoms with Crippen molar-refractivity contribution in [1.29, 1.82) is 0 Å². The number of amides is 1. The zero-order chi connectivity index (χ0) is 23.8. The van der Waals surface area contributed by atoms with Gasteiger partial charge in [0.1, 0.15) is 11.7 Å². The number of nitrogens with zero attached hydrogens (tertiary/aromatic N) is 3. The fourth-order valence-corrected chi connectivity index (χ4v) is 4.90. The molecule has 1 atom stereocenters. The lowest BCUT2D eigenvalue weighted by Crippen LogP contribution is -2.46. The first-order valence-corrected chi connectivity index (χ1v) is 12.0. The first-order chi connectivity index (χ1) is 14.9. The molecule has 0 saturated carbocycles. The highest BCUT2D eigenvalue weighted by Gasteiger charge is 2.31. The Bertz CT molecular complexity index is 1320. The number of anilines is 2. The highest BCUT2D eigenvalue weighted by atomic mass is 32.2. The molecule has 0 aliphatic carbocycles. The van der Waals surface area contributed by atoms with Gasteiger partial charge in [-0.2, -0.15) is 0 Å². The summed E-state index contributed by atoms with van der Waals surface area (Å²) in [6, 6.07) is 13.4. The summed E-state index contributed by atoms with van der Waals surface area (Å²) < 4.78 is 29.5. The minimum Gasteiger partial charge on any atom is -0.318 e. The highest BCUT2D eigenvalue weighted by Crippen LogP contribution is 2.27. The van der Waals surface area contributed by atoms with E-state index in [1.165, 1.54) is 11.6 Å². The van der Waals surface area contributed by atoms with E-state index >= 15 is 0 Å². The molecule has 1 amide bonds.